The quantitative estimate of drug-likeness (QED) is 0.545. The van der Waals surface area contributed by atoms with Gasteiger partial charge in [0.2, 0.25) is 0 Å². The Hall–Kier alpha value is -2.68. The van der Waals surface area contributed by atoms with Crippen LogP contribution < -0.4 is 11.4 Å². The van der Waals surface area contributed by atoms with Crippen LogP contribution in [0.1, 0.15) is 10.5 Å². The molecular weight excluding hydrogens is 397 g/mol. The normalized spacial score (nSPS) is 11.2. The number of hydrogen-bond acceptors (Lipinski definition) is 5. The van der Waals surface area contributed by atoms with Crippen LogP contribution in [0.4, 0.5) is 0 Å². The molecule has 0 saturated heterocycles. The number of H-pyrrole nitrogens is 1. The van der Waals surface area contributed by atoms with E-state index in [-0.39, 0.29) is 21.9 Å². The highest BCUT2D eigenvalue weighted by Crippen LogP contribution is 2.27. The van der Waals surface area contributed by atoms with E-state index in [0.29, 0.717) is 16.5 Å². The number of amides is 1. The van der Waals surface area contributed by atoms with Crippen molar-refractivity contribution in [1.82, 2.24) is 19.5 Å². The molecule has 3 aromatic heterocycles. The number of thiophene rings is 1. The van der Waals surface area contributed by atoms with Crippen molar-refractivity contribution in [1.29, 1.82) is 0 Å². The standard InChI is InChI=1S/C16H9Cl2N5O2S/c17-8-4-3-7(6-9(8)18)23-15-12(21-16(23)25)11(13(19)24)20-14(22-15)10-2-1-5-26-10/h1-6H,(H2,19,24)(H,21,25). The summed E-state index contributed by atoms with van der Waals surface area (Å²) in [5, 5.41) is 2.50. The van der Waals surface area contributed by atoms with Crippen molar-refractivity contribution in [2.24, 2.45) is 5.73 Å². The Bertz CT molecular complexity index is 1210. The summed E-state index contributed by atoms with van der Waals surface area (Å²) in [5.41, 5.74) is 5.72. The first-order valence-electron chi connectivity index (χ1n) is 7.27. The number of nitrogens with zero attached hydrogens (tertiary/aromatic N) is 3. The van der Waals surface area contributed by atoms with Gasteiger partial charge in [-0.25, -0.2) is 19.3 Å². The Labute approximate surface area is 160 Å². The van der Waals surface area contributed by atoms with Crippen molar-refractivity contribution in [3.05, 3.63) is 61.9 Å². The van der Waals surface area contributed by atoms with E-state index >= 15 is 0 Å². The lowest BCUT2D eigenvalue weighted by Crippen LogP contribution is -2.15. The fourth-order valence-electron chi connectivity index (χ4n) is 2.54. The summed E-state index contributed by atoms with van der Waals surface area (Å²) >= 11 is 13.4. The minimum atomic E-state index is -0.766. The van der Waals surface area contributed by atoms with Crippen LogP contribution in [-0.2, 0) is 0 Å². The van der Waals surface area contributed by atoms with Crippen molar-refractivity contribution in [3.63, 3.8) is 0 Å². The molecule has 4 aromatic rings. The van der Waals surface area contributed by atoms with E-state index in [1.807, 2.05) is 17.5 Å². The van der Waals surface area contributed by atoms with Crippen molar-refractivity contribution >= 4 is 51.6 Å². The van der Waals surface area contributed by atoms with Crippen LogP contribution in [-0.4, -0.2) is 25.4 Å². The predicted molar refractivity (Wildman–Crippen MR) is 101 cm³/mol. The van der Waals surface area contributed by atoms with Crippen LogP contribution >= 0.6 is 34.5 Å². The Balaban J connectivity index is 2.08. The van der Waals surface area contributed by atoms with Gasteiger partial charge >= 0.3 is 5.69 Å². The zero-order chi connectivity index (χ0) is 18.4. The van der Waals surface area contributed by atoms with Crippen LogP contribution in [0.25, 0.3) is 27.6 Å². The summed E-state index contributed by atoms with van der Waals surface area (Å²) in [4.78, 5) is 36.4. The van der Waals surface area contributed by atoms with E-state index in [2.05, 4.69) is 15.0 Å². The van der Waals surface area contributed by atoms with Crippen molar-refractivity contribution < 1.29 is 4.79 Å². The second kappa shape index (κ2) is 6.24. The Morgan fingerprint density at radius 2 is 2.00 bits per heavy atom. The van der Waals surface area contributed by atoms with Gasteiger partial charge in [-0.1, -0.05) is 29.3 Å². The average Bonchev–Trinajstić information content (AvgIpc) is 3.23. The number of hydrogen-bond donors (Lipinski definition) is 2. The van der Waals surface area contributed by atoms with Gasteiger partial charge in [0.15, 0.2) is 17.2 Å². The molecule has 0 fully saturated rings. The maximum Gasteiger partial charge on any atom is 0.332 e. The molecule has 0 unspecified atom stereocenters. The Morgan fingerprint density at radius 1 is 1.19 bits per heavy atom. The van der Waals surface area contributed by atoms with Gasteiger partial charge in [0.05, 0.1) is 20.6 Å². The summed E-state index contributed by atoms with van der Waals surface area (Å²) < 4.78 is 1.29. The van der Waals surface area contributed by atoms with Crippen LogP contribution in [0, 0.1) is 0 Å². The molecule has 0 radical (unpaired) electrons. The number of imidazole rings is 1. The summed E-state index contributed by atoms with van der Waals surface area (Å²) in [5.74, 6) is -0.466. The third kappa shape index (κ3) is 2.68. The molecule has 0 atom stereocenters. The molecule has 1 amide bonds. The van der Waals surface area contributed by atoms with Crippen molar-refractivity contribution in [2.45, 2.75) is 0 Å². The second-order valence-electron chi connectivity index (χ2n) is 5.30. The molecule has 10 heteroatoms. The summed E-state index contributed by atoms with van der Waals surface area (Å²) in [6, 6.07) is 8.38. The second-order valence-corrected chi connectivity index (χ2v) is 7.06. The van der Waals surface area contributed by atoms with Crippen LogP contribution in [0.2, 0.25) is 10.0 Å². The van der Waals surface area contributed by atoms with Gasteiger partial charge in [-0.15, -0.1) is 11.3 Å². The Morgan fingerprint density at radius 3 is 2.65 bits per heavy atom. The van der Waals surface area contributed by atoms with Gasteiger partial charge in [-0.05, 0) is 29.6 Å². The molecular formula is C16H9Cl2N5O2S. The summed E-state index contributed by atoms with van der Waals surface area (Å²) in [6.07, 6.45) is 0. The number of halogens is 2. The molecule has 7 nitrogen and oxygen atoms in total. The highest BCUT2D eigenvalue weighted by molar-refractivity contribution is 7.13. The van der Waals surface area contributed by atoms with E-state index in [1.54, 1.807) is 12.1 Å². The van der Waals surface area contributed by atoms with E-state index in [1.165, 1.54) is 22.0 Å². The van der Waals surface area contributed by atoms with Gasteiger partial charge in [-0.3, -0.25) is 4.79 Å². The molecule has 0 saturated carbocycles. The number of nitrogens with one attached hydrogen (secondary N) is 1. The topological polar surface area (TPSA) is 107 Å². The van der Waals surface area contributed by atoms with E-state index in [9.17, 15) is 9.59 Å². The van der Waals surface area contributed by atoms with Gasteiger partial charge in [0.1, 0.15) is 5.52 Å². The molecule has 130 valence electrons. The molecule has 26 heavy (non-hydrogen) atoms. The molecule has 0 aliphatic carbocycles. The van der Waals surface area contributed by atoms with Gasteiger partial charge in [0.25, 0.3) is 5.91 Å². The number of nitrogens with two attached hydrogens (primary N) is 1. The fraction of sp³-hybridized carbons (Fsp3) is 0. The van der Waals surface area contributed by atoms with E-state index in [4.69, 9.17) is 28.9 Å². The van der Waals surface area contributed by atoms with Gasteiger partial charge in [-0.2, -0.15) is 0 Å². The highest BCUT2D eigenvalue weighted by atomic mass is 35.5. The van der Waals surface area contributed by atoms with Gasteiger partial charge in [0, 0.05) is 0 Å². The SMILES string of the molecule is NC(=O)c1nc(-c2cccs2)nc2c1[nH]c(=O)n2-c1ccc(Cl)c(Cl)c1. The van der Waals surface area contributed by atoms with E-state index < -0.39 is 11.6 Å². The first kappa shape index (κ1) is 16.8. The lowest BCUT2D eigenvalue weighted by atomic mass is 10.3. The number of rotatable bonds is 3. The van der Waals surface area contributed by atoms with Crippen molar-refractivity contribution in [3.8, 4) is 16.4 Å². The number of carbonyl (C=O) groups is 1. The minimum absolute atomic E-state index is 0.0608. The monoisotopic (exact) mass is 405 g/mol. The van der Waals surface area contributed by atoms with Crippen LogP contribution in [0.5, 0.6) is 0 Å². The number of aromatic amines is 1. The summed E-state index contributed by atoms with van der Waals surface area (Å²) in [7, 11) is 0. The molecule has 0 aliphatic rings. The number of primary amides is 1. The number of fused-ring (bicyclic) bond motifs is 1. The largest absolute Gasteiger partial charge is 0.364 e. The number of aromatic nitrogens is 4. The molecule has 1 aromatic carbocycles. The molecule has 0 bridgehead atoms. The van der Waals surface area contributed by atoms with Crippen molar-refractivity contribution in [2.75, 3.05) is 0 Å². The maximum atomic E-state index is 12.5. The number of carbonyl (C=O) groups excluding carboxylic acids is 1. The lowest BCUT2D eigenvalue weighted by molar-refractivity contribution is 0.0997. The first-order valence-corrected chi connectivity index (χ1v) is 8.91. The molecule has 0 aliphatic heterocycles. The zero-order valence-corrected chi connectivity index (χ0v) is 15.2. The zero-order valence-electron chi connectivity index (χ0n) is 12.9. The minimum Gasteiger partial charge on any atom is -0.364 e. The molecule has 3 N–H and O–H groups in total. The lowest BCUT2D eigenvalue weighted by Gasteiger charge is -2.06. The maximum absolute atomic E-state index is 12.5. The molecule has 3 heterocycles. The van der Waals surface area contributed by atoms with E-state index in [0.717, 1.165) is 4.88 Å². The fourth-order valence-corrected chi connectivity index (χ4v) is 3.49. The Kier molecular flexibility index (Phi) is 4.03. The number of benzene rings is 1. The predicted octanol–water partition coefficient (Wildman–Crippen LogP) is 3.24. The average molecular weight is 406 g/mol. The first-order chi connectivity index (χ1) is 12.5. The smallest absolute Gasteiger partial charge is 0.332 e. The summed E-state index contributed by atoms with van der Waals surface area (Å²) in [6.45, 7) is 0. The molecule has 4 rings (SSSR count). The third-order valence-corrected chi connectivity index (χ3v) is 5.28. The van der Waals surface area contributed by atoms with Crippen LogP contribution in [0.3, 0.4) is 0 Å². The third-order valence-electron chi connectivity index (χ3n) is 3.67. The highest BCUT2D eigenvalue weighted by Gasteiger charge is 2.20. The van der Waals surface area contributed by atoms with Gasteiger partial charge < -0.3 is 10.7 Å². The van der Waals surface area contributed by atoms with Crippen LogP contribution in [0.15, 0.2) is 40.5 Å². The molecule has 0 spiro atoms.